The van der Waals surface area contributed by atoms with Crippen molar-refractivity contribution in [1.82, 2.24) is 10.0 Å². The molecule has 2 rings (SSSR count). The summed E-state index contributed by atoms with van der Waals surface area (Å²) in [5.41, 5.74) is 0.646. The van der Waals surface area contributed by atoms with E-state index in [-0.39, 0.29) is 17.0 Å². The normalized spacial score (nSPS) is 12.4. The van der Waals surface area contributed by atoms with Gasteiger partial charge in [0.2, 0.25) is 10.0 Å². The van der Waals surface area contributed by atoms with Gasteiger partial charge in [-0.2, -0.15) is 0 Å². The Balaban J connectivity index is 2.10. The molecular formula is C18H18F2N2O3S. The minimum atomic E-state index is -3.67. The third-order valence-electron chi connectivity index (χ3n) is 3.64. The summed E-state index contributed by atoms with van der Waals surface area (Å²) in [5.74, 6) is -2.43. The van der Waals surface area contributed by atoms with Crippen LogP contribution in [-0.4, -0.2) is 20.9 Å². The fourth-order valence-electron chi connectivity index (χ4n) is 2.18. The Morgan fingerprint density at radius 1 is 1.15 bits per heavy atom. The molecule has 0 heterocycles. The van der Waals surface area contributed by atoms with E-state index in [2.05, 4.69) is 16.6 Å². The van der Waals surface area contributed by atoms with Crippen LogP contribution in [0.5, 0.6) is 0 Å². The zero-order chi connectivity index (χ0) is 19.3. The molecule has 2 N–H and O–H groups in total. The zero-order valence-corrected chi connectivity index (χ0v) is 14.8. The summed E-state index contributed by atoms with van der Waals surface area (Å²) in [4.78, 5) is 12.3. The molecule has 1 unspecified atom stereocenters. The molecule has 26 heavy (non-hydrogen) atoms. The summed E-state index contributed by atoms with van der Waals surface area (Å²) in [6.45, 7) is 5.15. The number of carbonyl (C=O) groups is 1. The fraction of sp³-hybridized carbons (Fsp3) is 0.167. The van der Waals surface area contributed by atoms with Crippen molar-refractivity contribution in [3.8, 4) is 0 Å². The third-order valence-corrected chi connectivity index (χ3v) is 5.08. The number of benzene rings is 2. The summed E-state index contributed by atoms with van der Waals surface area (Å²) in [5, 5.41) is 2.65. The minimum absolute atomic E-state index is 0.0181. The Bertz CT molecular complexity index is 913. The van der Waals surface area contributed by atoms with Crippen molar-refractivity contribution >= 4 is 15.9 Å². The largest absolute Gasteiger partial charge is 0.346 e. The molecular weight excluding hydrogens is 362 g/mol. The van der Waals surface area contributed by atoms with Crippen LogP contribution in [0.25, 0.3) is 0 Å². The van der Waals surface area contributed by atoms with E-state index in [1.807, 2.05) is 0 Å². The van der Waals surface area contributed by atoms with Crippen LogP contribution in [0.15, 0.2) is 60.0 Å². The molecule has 1 amide bonds. The summed E-state index contributed by atoms with van der Waals surface area (Å²) in [6.07, 6.45) is 1.42. The first-order valence-electron chi connectivity index (χ1n) is 7.71. The lowest BCUT2D eigenvalue weighted by Crippen LogP contribution is -2.27. The van der Waals surface area contributed by atoms with Crippen molar-refractivity contribution in [3.05, 3.63) is 77.9 Å². The maximum absolute atomic E-state index is 13.3. The predicted molar refractivity (Wildman–Crippen MR) is 94.1 cm³/mol. The van der Waals surface area contributed by atoms with Gasteiger partial charge in [0, 0.05) is 12.1 Å². The van der Waals surface area contributed by atoms with Gasteiger partial charge in [-0.05, 0) is 48.9 Å². The van der Waals surface area contributed by atoms with Gasteiger partial charge >= 0.3 is 0 Å². The van der Waals surface area contributed by atoms with E-state index >= 15 is 0 Å². The maximum Gasteiger partial charge on any atom is 0.251 e. The number of halogens is 2. The minimum Gasteiger partial charge on any atom is -0.346 e. The van der Waals surface area contributed by atoms with Gasteiger partial charge in [0.1, 0.15) is 0 Å². The SMILES string of the molecule is C=CCNS(=O)(=O)c1ccc(C(=O)NC(C)c2ccc(F)c(F)c2)cc1. The number of sulfonamides is 1. The average molecular weight is 380 g/mol. The molecule has 0 saturated heterocycles. The van der Waals surface area contributed by atoms with Gasteiger partial charge in [0.25, 0.3) is 5.91 Å². The van der Waals surface area contributed by atoms with Gasteiger partial charge in [-0.3, -0.25) is 4.79 Å². The topological polar surface area (TPSA) is 75.3 Å². The summed E-state index contributed by atoms with van der Waals surface area (Å²) >= 11 is 0. The molecule has 0 aliphatic carbocycles. The summed E-state index contributed by atoms with van der Waals surface area (Å²) < 4.78 is 52.5. The van der Waals surface area contributed by atoms with Gasteiger partial charge in [-0.1, -0.05) is 12.1 Å². The molecule has 5 nitrogen and oxygen atoms in total. The van der Waals surface area contributed by atoms with Crippen molar-refractivity contribution in [3.63, 3.8) is 0 Å². The van der Waals surface area contributed by atoms with Crippen molar-refractivity contribution < 1.29 is 22.0 Å². The van der Waals surface area contributed by atoms with E-state index in [9.17, 15) is 22.0 Å². The van der Waals surface area contributed by atoms with Crippen LogP contribution in [0.4, 0.5) is 8.78 Å². The first-order valence-corrected chi connectivity index (χ1v) is 9.19. The second kappa shape index (κ2) is 8.20. The monoisotopic (exact) mass is 380 g/mol. The summed E-state index contributed by atoms with van der Waals surface area (Å²) in [7, 11) is -3.67. The lowest BCUT2D eigenvalue weighted by Gasteiger charge is -2.15. The molecule has 0 fully saturated rings. The highest BCUT2D eigenvalue weighted by Gasteiger charge is 2.16. The molecule has 0 radical (unpaired) electrons. The van der Waals surface area contributed by atoms with E-state index in [4.69, 9.17) is 0 Å². The number of hydrogen-bond acceptors (Lipinski definition) is 3. The Morgan fingerprint density at radius 2 is 1.81 bits per heavy atom. The fourth-order valence-corrected chi connectivity index (χ4v) is 3.18. The van der Waals surface area contributed by atoms with Crippen molar-refractivity contribution in [2.24, 2.45) is 0 Å². The van der Waals surface area contributed by atoms with E-state index in [1.54, 1.807) is 6.92 Å². The van der Waals surface area contributed by atoms with Crippen LogP contribution < -0.4 is 10.0 Å². The second-order valence-electron chi connectivity index (χ2n) is 5.53. The highest BCUT2D eigenvalue weighted by molar-refractivity contribution is 7.89. The Morgan fingerprint density at radius 3 is 2.38 bits per heavy atom. The molecule has 2 aromatic rings. The first-order chi connectivity index (χ1) is 12.2. The van der Waals surface area contributed by atoms with Gasteiger partial charge in [-0.25, -0.2) is 21.9 Å². The number of nitrogens with one attached hydrogen (secondary N) is 2. The lowest BCUT2D eigenvalue weighted by atomic mass is 10.1. The number of carbonyl (C=O) groups excluding carboxylic acids is 1. The maximum atomic E-state index is 13.3. The molecule has 138 valence electrons. The highest BCUT2D eigenvalue weighted by Crippen LogP contribution is 2.17. The van der Waals surface area contributed by atoms with E-state index < -0.39 is 33.6 Å². The zero-order valence-electron chi connectivity index (χ0n) is 14.0. The van der Waals surface area contributed by atoms with Crippen LogP contribution in [-0.2, 0) is 10.0 Å². The van der Waals surface area contributed by atoms with Crippen molar-refractivity contribution in [2.75, 3.05) is 6.54 Å². The molecule has 8 heteroatoms. The lowest BCUT2D eigenvalue weighted by molar-refractivity contribution is 0.0939. The molecule has 0 aliphatic rings. The van der Waals surface area contributed by atoms with Gasteiger partial charge < -0.3 is 5.32 Å². The summed E-state index contributed by atoms with van der Waals surface area (Å²) in [6, 6.07) is 8.18. The standard InChI is InChI=1S/C18H18F2N2O3S/c1-3-10-21-26(24,25)15-7-4-13(5-8-15)18(23)22-12(2)14-6-9-16(19)17(20)11-14/h3-9,11-12,21H,1,10H2,2H3,(H,22,23). The quantitative estimate of drug-likeness (QED) is 0.726. The van der Waals surface area contributed by atoms with Crippen molar-refractivity contribution in [2.45, 2.75) is 17.9 Å². The third kappa shape index (κ3) is 4.74. The molecule has 0 spiro atoms. The Labute approximate surface area is 150 Å². The second-order valence-corrected chi connectivity index (χ2v) is 7.30. The highest BCUT2D eigenvalue weighted by atomic mass is 32.2. The van der Waals surface area contributed by atoms with Crippen LogP contribution in [0.1, 0.15) is 28.9 Å². The van der Waals surface area contributed by atoms with E-state index in [1.165, 1.54) is 36.4 Å². The smallest absolute Gasteiger partial charge is 0.251 e. The molecule has 0 saturated carbocycles. The van der Waals surface area contributed by atoms with Gasteiger partial charge in [-0.15, -0.1) is 6.58 Å². The average Bonchev–Trinajstić information content (AvgIpc) is 2.62. The van der Waals surface area contributed by atoms with Crippen LogP contribution >= 0.6 is 0 Å². The molecule has 1 atom stereocenters. The number of hydrogen-bond donors (Lipinski definition) is 2. The number of rotatable bonds is 7. The van der Waals surface area contributed by atoms with E-state index in [0.29, 0.717) is 5.56 Å². The van der Waals surface area contributed by atoms with Gasteiger partial charge in [0.15, 0.2) is 11.6 Å². The Hall–Kier alpha value is -2.58. The predicted octanol–water partition coefficient (Wildman–Crippen LogP) is 2.92. The number of amides is 1. The molecule has 2 aromatic carbocycles. The molecule has 0 bridgehead atoms. The molecule has 0 aliphatic heterocycles. The van der Waals surface area contributed by atoms with Crippen molar-refractivity contribution in [1.29, 1.82) is 0 Å². The van der Waals surface area contributed by atoms with Crippen LogP contribution in [0, 0.1) is 11.6 Å². The Kier molecular flexibility index (Phi) is 6.23. The van der Waals surface area contributed by atoms with E-state index in [0.717, 1.165) is 12.1 Å². The van der Waals surface area contributed by atoms with Crippen LogP contribution in [0.2, 0.25) is 0 Å². The van der Waals surface area contributed by atoms with Crippen LogP contribution in [0.3, 0.4) is 0 Å². The first kappa shape index (κ1) is 19.7. The van der Waals surface area contributed by atoms with Gasteiger partial charge in [0.05, 0.1) is 10.9 Å². The molecule has 0 aromatic heterocycles.